The number of alkyl halides is 1. The Morgan fingerprint density at radius 1 is 1.38 bits per heavy atom. The van der Waals surface area contributed by atoms with E-state index in [4.69, 9.17) is 27.9 Å². The third kappa shape index (κ3) is 3.71. The molecule has 7 heteroatoms. The molecule has 0 heterocycles. The molecule has 0 N–H and O–H groups in total. The van der Waals surface area contributed by atoms with E-state index in [1.54, 1.807) is 20.1 Å². The quantitative estimate of drug-likeness (QED) is 0.708. The summed E-state index contributed by atoms with van der Waals surface area (Å²) >= 11 is 11.9. The molecule has 1 aromatic rings. The fraction of sp³-hybridized carbons (Fsp3) is 0.571. The van der Waals surface area contributed by atoms with E-state index >= 15 is 0 Å². The first kappa shape index (κ1) is 17.0. The highest BCUT2D eigenvalue weighted by atomic mass is 35.5. The van der Waals surface area contributed by atoms with Crippen molar-refractivity contribution < 1.29 is 13.2 Å². The van der Waals surface area contributed by atoms with E-state index in [2.05, 4.69) is 0 Å². The fourth-order valence-corrected chi connectivity index (χ4v) is 4.83. The molecule has 1 fully saturated rings. The topological polar surface area (TPSA) is 46.6 Å². The molecule has 0 amide bonds. The van der Waals surface area contributed by atoms with E-state index in [1.807, 2.05) is 0 Å². The first-order chi connectivity index (χ1) is 9.91. The lowest BCUT2D eigenvalue weighted by atomic mass is 10.1. The lowest BCUT2D eigenvalue weighted by Gasteiger charge is -2.23. The van der Waals surface area contributed by atoms with Crippen molar-refractivity contribution in [3.8, 4) is 0 Å². The average molecular weight is 352 g/mol. The first-order valence-corrected chi connectivity index (χ1v) is 9.12. The standard InChI is InChI=1S/C14H19Cl2NO3S/c1-10-11(9-15)7-12(16)8-14(10)21(18,19)17(5-6-20-2)13-3-4-13/h7-8,13H,3-6,9H2,1-2H3. The smallest absolute Gasteiger partial charge is 0.243 e. The Balaban J connectivity index is 2.44. The van der Waals surface area contributed by atoms with Crippen LogP contribution in [0.15, 0.2) is 17.0 Å². The van der Waals surface area contributed by atoms with Crippen LogP contribution < -0.4 is 0 Å². The van der Waals surface area contributed by atoms with Crippen LogP contribution >= 0.6 is 23.2 Å². The monoisotopic (exact) mass is 351 g/mol. The van der Waals surface area contributed by atoms with Crippen LogP contribution in [0.2, 0.25) is 5.02 Å². The van der Waals surface area contributed by atoms with Gasteiger partial charge in [0.05, 0.1) is 11.5 Å². The summed E-state index contributed by atoms with van der Waals surface area (Å²) in [5, 5.41) is 0.386. The van der Waals surface area contributed by atoms with E-state index in [1.165, 1.54) is 10.4 Å². The van der Waals surface area contributed by atoms with Gasteiger partial charge < -0.3 is 4.74 Å². The lowest BCUT2D eigenvalue weighted by molar-refractivity contribution is 0.177. The van der Waals surface area contributed by atoms with Crippen LogP contribution in [-0.2, 0) is 20.6 Å². The van der Waals surface area contributed by atoms with Gasteiger partial charge in [-0.05, 0) is 43.0 Å². The van der Waals surface area contributed by atoms with Gasteiger partial charge in [-0.15, -0.1) is 11.6 Å². The number of ether oxygens (including phenoxy) is 1. The van der Waals surface area contributed by atoms with E-state index in [0.717, 1.165) is 18.4 Å². The summed E-state index contributed by atoms with van der Waals surface area (Å²) in [6, 6.07) is 3.28. The van der Waals surface area contributed by atoms with Crippen LogP contribution in [0.3, 0.4) is 0 Å². The third-order valence-electron chi connectivity index (χ3n) is 3.63. The predicted octanol–water partition coefficient (Wildman–Crippen LogP) is 3.19. The summed E-state index contributed by atoms with van der Waals surface area (Å²) in [6.07, 6.45) is 1.79. The normalized spacial score (nSPS) is 15.7. The van der Waals surface area contributed by atoms with Gasteiger partial charge in [-0.1, -0.05) is 11.6 Å². The minimum absolute atomic E-state index is 0.0722. The first-order valence-electron chi connectivity index (χ1n) is 6.77. The maximum atomic E-state index is 12.9. The van der Waals surface area contributed by atoms with Gasteiger partial charge in [0.15, 0.2) is 0 Å². The van der Waals surface area contributed by atoms with E-state index in [-0.39, 0.29) is 16.8 Å². The number of hydrogen-bond acceptors (Lipinski definition) is 3. The van der Waals surface area contributed by atoms with Crippen molar-refractivity contribution in [2.45, 2.75) is 36.6 Å². The molecule has 0 radical (unpaired) electrons. The second-order valence-corrected chi connectivity index (χ2v) is 7.72. The summed E-state index contributed by atoms with van der Waals surface area (Å²) in [4.78, 5) is 0.244. The molecule has 1 aromatic carbocycles. The molecule has 4 nitrogen and oxygen atoms in total. The summed E-state index contributed by atoms with van der Waals surface area (Å²) in [7, 11) is -2.02. The Labute approximate surface area is 136 Å². The number of halogens is 2. The minimum atomic E-state index is -3.59. The van der Waals surface area contributed by atoms with Gasteiger partial charge in [0.1, 0.15) is 0 Å². The number of benzene rings is 1. The van der Waals surface area contributed by atoms with Crippen molar-refractivity contribution in [1.82, 2.24) is 4.31 Å². The third-order valence-corrected chi connectivity index (χ3v) is 6.22. The number of methoxy groups -OCH3 is 1. The molecule has 0 bridgehead atoms. The zero-order chi connectivity index (χ0) is 15.6. The van der Waals surface area contributed by atoms with E-state index in [0.29, 0.717) is 23.7 Å². The average Bonchev–Trinajstić information content (AvgIpc) is 3.25. The molecule has 21 heavy (non-hydrogen) atoms. The molecule has 0 unspecified atom stereocenters. The zero-order valence-electron chi connectivity index (χ0n) is 12.1. The van der Waals surface area contributed by atoms with Crippen LogP contribution in [0.1, 0.15) is 24.0 Å². The highest BCUT2D eigenvalue weighted by Crippen LogP contribution is 2.34. The maximum absolute atomic E-state index is 12.9. The molecular formula is C14H19Cl2NO3S. The number of rotatable bonds is 7. The second-order valence-electron chi connectivity index (χ2n) is 5.16. The van der Waals surface area contributed by atoms with Crippen LogP contribution in [0.4, 0.5) is 0 Å². The summed E-state index contributed by atoms with van der Waals surface area (Å²) in [5.74, 6) is 0.233. The lowest BCUT2D eigenvalue weighted by Crippen LogP contribution is -2.36. The second kappa shape index (κ2) is 6.84. The maximum Gasteiger partial charge on any atom is 0.243 e. The summed E-state index contributed by atoms with van der Waals surface area (Å²) in [6.45, 7) is 2.49. The molecule has 0 saturated heterocycles. The highest BCUT2D eigenvalue weighted by Gasteiger charge is 2.38. The molecule has 0 aromatic heterocycles. The molecule has 1 aliphatic rings. The predicted molar refractivity (Wildman–Crippen MR) is 84.5 cm³/mol. The van der Waals surface area contributed by atoms with Crippen molar-refractivity contribution in [3.63, 3.8) is 0 Å². The number of hydrogen-bond donors (Lipinski definition) is 0. The molecule has 2 rings (SSSR count). The molecular weight excluding hydrogens is 333 g/mol. The van der Waals surface area contributed by atoms with Gasteiger partial charge in [-0.25, -0.2) is 8.42 Å². The fourth-order valence-electron chi connectivity index (χ4n) is 2.28. The van der Waals surface area contributed by atoms with Crippen LogP contribution in [0.5, 0.6) is 0 Å². The van der Waals surface area contributed by atoms with Crippen molar-refractivity contribution in [2.24, 2.45) is 0 Å². The van der Waals surface area contributed by atoms with Crippen molar-refractivity contribution in [2.75, 3.05) is 20.3 Å². The Hall–Kier alpha value is -0.330. The number of sulfonamides is 1. The Morgan fingerprint density at radius 3 is 2.57 bits per heavy atom. The van der Waals surface area contributed by atoms with Crippen molar-refractivity contribution in [1.29, 1.82) is 0 Å². The van der Waals surface area contributed by atoms with Gasteiger partial charge in [0.2, 0.25) is 10.0 Å². The van der Waals surface area contributed by atoms with Crippen molar-refractivity contribution in [3.05, 3.63) is 28.3 Å². The Bertz CT molecular complexity index is 615. The van der Waals surface area contributed by atoms with Crippen LogP contribution in [-0.4, -0.2) is 39.0 Å². The summed E-state index contributed by atoms with van der Waals surface area (Å²) < 4.78 is 32.4. The molecule has 1 saturated carbocycles. The van der Waals surface area contributed by atoms with Gasteiger partial charge in [0.25, 0.3) is 0 Å². The minimum Gasteiger partial charge on any atom is -0.383 e. The van der Waals surface area contributed by atoms with Gasteiger partial charge >= 0.3 is 0 Å². The van der Waals surface area contributed by atoms with Crippen LogP contribution in [0.25, 0.3) is 0 Å². The zero-order valence-corrected chi connectivity index (χ0v) is 14.4. The molecule has 0 atom stereocenters. The van der Waals surface area contributed by atoms with Crippen molar-refractivity contribution >= 4 is 33.2 Å². The van der Waals surface area contributed by atoms with Gasteiger partial charge in [-0.2, -0.15) is 4.31 Å². The molecule has 0 spiro atoms. The molecule has 0 aliphatic heterocycles. The molecule has 118 valence electrons. The summed E-state index contributed by atoms with van der Waals surface area (Å²) in [5.41, 5.74) is 1.41. The largest absolute Gasteiger partial charge is 0.383 e. The Morgan fingerprint density at radius 2 is 2.05 bits per heavy atom. The Kier molecular flexibility index (Phi) is 5.54. The van der Waals surface area contributed by atoms with Gasteiger partial charge in [-0.3, -0.25) is 0 Å². The van der Waals surface area contributed by atoms with E-state index in [9.17, 15) is 8.42 Å². The molecule has 1 aliphatic carbocycles. The SMILES string of the molecule is COCCN(C1CC1)S(=O)(=O)c1cc(Cl)cc(CCl)c1C. The van der Waals surface area contributed by atoms with E-state index < -0.39 is 10.0 Å². The van der Waals surface area contributed by atoms with Gasteiger partial charge in [0, 0.05) is 30.6 Å². The van der Waals surface area contributed by atoms with Crippen LogP contribution in [0, 0.1) is 6.92 Å². The number of nitrogens with zero attached hydrogens (tertiary/aromatic N) is 1. The highest BCUT2D eigenvalue weighted by molar-refractivity contribution is 7.89.